The van der Waals surface area contributed by atoms with E-state index in [1.165, 1.54) is 25.7 Å². The molecule has 2 aliphatic rings. The van der Waals surface area contributed by atoms with Crippen molar-refractivity contribution in [1.82, 2.24) is 5.32 Å². The second kappa shape index (κ2) is 3.03. The van der Waals surface area contributed by atoms with E-state index >= 15 is 0 Å². The zero-order valence-corrected chi connectivity index (χ0v) is 8.64. The van der Waals surface area contributed by atoms with Crippen molar-refractivity contribution in [2.45, 2.75) is 51.1 Å². The molecule has 2 bridgehead atoms. The Balaban J connectivity index is 1.94. The Bertz CT molecular complexity index is 236. The molecule has 1 N–H and O–H groups in total. The van der Waals surface area contributed by atoms with Crippen LogP contribution in [0.4, 0.5) is 0 Å². The molecule has 0 heterocycles. The summed E-state index contributed by atoms with van der Waals surface area (Å²) in [4.78, 5) is 0. The molecule has 3 unspecified atom stereocenters. The third kappa shape index (κ3) is 1.74. The lowest BCUT2D eigenvalue weighted by atomic mass is 9.93. The van der Waals surface area contributed by atoms with Crippen LogP contribution in [0.25, 0.3) is 0 Å². The summed E-state index contributed by atoms with van der Waals surface area (Å²) in [5.41, 5.74) is -0.116. The van der Waals surface area contributed by atoms with Crippen LogP contribution in [0.15, 0.2) is 0 Å². The molecular formula is C12H19N. The van der Waals surface area contributed by atoms with Crippen LogP contribution in [0.2, 0.25) is 0 Å². The molecule has 0 spiro atoms. The fourth-order valence-electron chi connectivity index (χ4n) is 2.93. The van der Waals surface area contributed by atoms with E-state index in [-0.39, 0.29) is 5.54 Å². The van der Waals surface area contributed by atoms with Gasteiger partial charge < -0.3 is 0 Å². The summed E-state index contributed by atoms with van der Waals surface area (Å²) in [6.45, 7) is 4.19. The van der Waals surface area contributed by atoms with Crippen LogP contribution >= 0.6 is 0 Å². The average Bonchev–Trinajstić information content (AvgIpc) is 2.64. The zero-order valence-electron chi connectivity index (χ0n) is 8.64. The Morgan fingerprint density at radius 1 is 1.31 bits per heavy atom. The number of nitrogens with one attached hydrogen (secondary N) is 1. The van der Waals surface area contributed by atoms with Gasteiger partial charge in [-0.3, -0.25) is 5.32 Å². The summed E-state index contributed by atoms with van der Waals surface area (Å²) in [5.74, 6) is 4.73. The molecule has 2 rings (SSSR count). The molecule has 13 heavy (non-hydrogen) atoms. The van der Waals surface area contributed by atoms with Gasteiger partial charge in [0, 0.05) is 6.04 Å². The first-order valence-corrected chi connectivity index (χ1v) is 5.36. The molecule has 0 aromatic carbocycles. The lowest BCUT2D eigenvalue weighted by Gasteiger charge is -2.30. The number of terminal acetylenes is 1. The molecule has 2 aliphatic carbocycles. The minimum atomic E-state index is -0.116. The summed E-state index contributed by atoms with van der Waals surface area (Å²) in [7, 11) is 0. The molecule has 0 aromatic rings. The SMILES string of the molecule is C#CC(C)(C)NC1CC2CCC1C2. The van der Waals surface area contributed by atoms with Crippen molar-refractivity contribution < 1.29 is 0 Å². The maximum absolute atomic E-state index is 5.47. The van der Waals surface area contributed by atoms with Gasteiger partial charge in [0.1, 0.15) is 0 Å². The predicted octanol–water partition coefficient (Wildman–Crippen LogP) is 2.18. The smallest absolute Gasteiger partial charge is 0.0743 e. The number of rotatable bonds is 2. The van der Waals surface area contributed by atoms with Gasteiger partial charge in [-0.05, 0) is 44.9 Å². The van der Waals surface area contributed by atoms with Crippen molar-refractivity contribution >= 4 is 0 Å². The van der Waals surface area contributed by atoms with Crippen LogP contribution < -0.4 is 5.32 Å². The number of hydrogen-bond donors (Lipinski definition) is 1. The van der Waals surface area contributed by atoms with Gasteiger partial charge in [-0.2, -0.15) is 0 Å². The molecular weight excluding hydrogens is 158 g/mol. The van der Waals surface area contributed by atoms with E-state index in [4.69, 9.17) is 6.42 Å². The van der Waals surface area contributed by atoms with E-state index in [1.54, 1.807) is 0 Å². The average molecular weight is 177 g/mol. The Hall–Kier alpha value is -0.480. The molecule has 0 radical (unpaired) electrons. The second-order valence-corrected chi connectivity index (χ2v) is 5.20. The highest BCUT2D eigenvalue weighted by atomic mass is 15.0. The zero-order chi connectivity index (χ0) is 9.47. The van der Waals surface area contributed by atoms with Gasteiger partial charge in [0.05, 0.1) is 5.54 Å². The third-order valence-electron chi connectivity index (χ3n) is 3.65. The first kappa shape index (κ1) is 9.09. The highest BCUT2D eigenvalue weighted by Gasteiger charge is 2.40. The molecule has 2 saturated carbocycles. The van der Waals surface area contributed by atoms with Crippen LogP contribution in [-0.4, -0.2) is 11.6 Å². The monoisotopic (exact) mass is 177 g/mol. The molecule has 3 atom stereocenters. The van der Waals surface area contributed by atoms with Crippen molar-refractivity contribution in [2.24, 2.45) is 11.8 Å². The van der Waals surface area contributed by atoms with Gasteiger partial charge in [0.2, 0.25) is 0 Å². The summed E-state index contributed by atoms with van der Waals surface area (Å²) in [5, 5.41) is 3.60. The quantitative estimate of drug-likeness (QED) is 0.637. The highest BCUT2D eigenvalue weighted by molar-refractivity contribution is 5.10. The maximum atomic E-state index is 5.47. The Labute approximate surface area is 81.3 Å². The fraction of sp³-hybridized carbons (Fsp3) is 0.833. The van der Waals surface area contributed by atoms with Crippen LogP contribution in [0, 0.1) is 24.2 Å². The van der Waals surface area contributed by atoms with Crippen molar-refractivity contribution in [1.29, 1.82) is 0 Å². The normalized spacial score (nSPS) is 37.8. The molecule has 0 saturated heterocycles. The summed E-state index contributed by atoms with van der Waals surface area (Å²) >= 11 is 0. The van der Waals surface area contributed by atoms with E-state index < -0.39 is 0 Å². The van der Waals surface area contributed by atoms with Gasteiger partial charge >= 0.3 is 0 Å². The Morgan fingerprint density at radius 3 is 2.54 bits per heavy atom. The minimum absolute atomic E-state index is 0.116. The lowest BCUT2D eigenvalue weighted by Crippen LogP contribution is -2.47. The van der Waals surface area contributed by atoms with E-state index in [2.05, 4.69) is 25.1 Å². The Kier molecular flexibility index (Phi) is 2.12. The fourth-order valence-corrected chi connectivity index (χ4v) is 2.93. The predicted molar refractivity (Wildman–Crippen MR) is 55.3 cm³/mol. The largest absolute Gasteiger partial charge is 0.299 e. The van der Waals surface area contributed by atoms with Gasteiger partial charge in [-0.15, -0.1) is 6.42 Å². The van der Waals surface area contributed by atoms with Crippen molar-refractivity contribution in [3.05, 3.63) is 0 Å². The number of hydrogen-bond acceptors (Lipinski definition) is 1. The summed E-state index contributed by atoms with van der Waals surface area (Å²) < 4.78 is 0. The van der Waals surface area contributed by atoms with Crippen molar-refractivity contribution in [3.8, 4) is 12.3 Å². The molecule has 1 heteroatoms. The van der Waals surface area contributed by atoms with Gasteiger partial charge in [0.25, 0.3) is 0 Å². The molecule has 0 aromatic heterocycles. The lowest BCUT2D eigenvalue weighted by molar-refractivity contribution is 0.303. The minimum Gasteiger partial charge on any atom is -0.299 e. The van der Waals surface area contributed by atoms with Crippen molar-refractivity contribution in [3.63, 3.8) is 0 Å². The van der Waals surface area contributed by atoms with Gasteiger partial charge in [0.15, 0.2) is 0 Å². The molecule has 0 amide bonds. The van der Waals surface area contributed by atoms with E-state index in [9.17, 15) is 0 Å². The van der Waals surface area contributed by atoms with E-state index in [0.717, 1.165) is 11.8 Å². The highest BCUT2D eigenvalue weighted by Crippen LogP contribution is 2.44. The third-order valence-corrected chi connectivity index (χ3v) is 3.65. The molecule has 0 aliphatic heterocycles. The second-order valence-electron chi connectivity index (χ2n) is 5.20. The van der Waals surface area contributed by atoms with Gasteiger partial charge in [-0.25, -0.2) is 0 Å². The maximum Gasteiger partial charge on any atom is 0.0743 e. The van der Waals surface area contributed by atoms with Crippen LogP contribution in [0.3, 0.4) is 0 Å². The summed E-state index contributed by atoms with van der Waals surface area (Å²) in [6.07, 6.45) is 11.1. The van der Waals surface area contributed by atoms with Crippen LogP contribution in [-0.2, 0) is 0 Å². The summed E-state index contributed by atoms with van der Waals surface area (Å²) in [6, 6.07) is 0.699. The molecule has 72 valence electrons. The number of fused-ring (bicyclic) bond motifs is 2. The van der Waals surface area contributed by atoms with Crippen molar-refractivity contribution in [2.75, 3.05) is 0 Å². The molecule has 1 nitrogen and oxygen atoms in total. The standard InChI is InChI=1S/C12H19N/c1-4-12(2,3)13-11-8-9-5-6-10(11)7-9/h1,9-11,13H,5-8H2,2-3H3. The van der Waals surface area contributed by atoms with Crippen LogP contribution in [0.5, 0.6) is 0 Å². The van der Waals surface area contributed by atoms with Gasteiger partial charge in [-0.1, -0.05) is 12.3 Å². The Morgan fingerprint density at radius 2 is 2.08 bits per heavy atom. The van der Waals surface area contributed by atoms with E-state index in [0.29, 0.717) is 6.04 Å². The topological polar surface area (TPSA) is 12.0 Å². The molecule has 2 fully saturated rings. The van der Waals surface area contributed by atoms with Crippen LogP contribution in [0.1, 0.15) is 39.5 Å². The van der Waals surface area contributed by atoms with E-state index in [1.807, 2.05) is 0 Å². The first-order valence-electron chi connectivity index (χ1n) is 5.36. The first-order chi connectivity index (χ1) is 6.11.